The number of nitrogens with one attached hydrogen (secondary N) is 1. The van der Waals surface area contributed by atoms with Gasteiger partial charge in [-0.05, 0) is 26.8 Å². The van der Waals surface area contributed by atoms with Gasteiger partial charge in [0.15, 0.2) is 5.82 Å². The molecule has 1 N–H and O–H groups in total. The number of hydrogen-bond acceptors (Lipinski definition) is 9. The van der Waals surface area contributed by atoms with Crippen LogP contribution in [0.1, 0.15) is 19.4 Å². The number of carbonyl (C=O) groups is 2. The van der Waals surface area contributed by atoms with Crippen LogP contribution in [-0.2, 0) is 19.1 Å². The highest BCUT2D eigenvalue weighted by Crippen LogP contribution is 2.40. The smallest absolute Gasteiger partial charge is 0.248 e. The maximum absolute atomic E-state index is 15.5. The van der Waals surface area contributed by atoms with Crippen molar-refractivity contribution in [2.24, 2.45) is 0 Å². The molecule has 0 atom stereocenters. The molecule has 2 amide bonds. The predicted molar refractivity (Wildman–Crippen MR) is 159 cm³/mol. The Morgan fingerprint density at radius 1 is 0.884 bits per heavy atom. The molecule has 0 aliphatic carbocycles. The molecule has 11 nitrogen and oxygen atoms in total. The van der Waals surface area contributed by atoms with Gasteiger partial charge in [-0.15, -0.1) is 0 Å². The van der Waals surface area contributed by atoms with Gasteiger partial charge in [0.1, 0.15) is 30.5 Å². The number of nitrogens with zero attached hydrogens (tertiary/aromatic N) is 6. The Morgan fingerprint density at radius 2 is 1.56 bits per heavy atom. The molecule has 0 spiro atoms. The second kappa shape index (κ2) is 11.9. The molecule has 0 radical (unpaired) electrons. The third-order valence-electron chi connectivity index (χ3n) is 8.12. The van der Waals surface area contributed by atoms with Crippen LogP contribution in [0.15, 0.2) is 24.4 Å². The summed E-state index contributed by atoms with van der Waals surface area (Å²) in [7, 11) is 0. The zero-order chi connectivity index (χ0) is 30.2. The van der Waals surface area contributed by atoms with E-state index in [0.29, 0.717) is 75.4 Å². The van der Waals surface area contributed by atoms with E-state index >= 15 is 4.39 Å². The first-order valence-corrected chi connectivity index (χ1v) is 14.5. The van der Waals surface area contributed by atoms with Gasteiger partial charge in [0.05, 0.1) is 60.6 Å². The highest BCUT2D eigenvalue weighted by molar-refractivity contribution is 6.07. The number of morpholine rings is 2. The van der Waals surface area contributed by atoms with E-state index in [0.717, 1.165) is 17.8 Å². The van der Waals surface area contributed by atoms with Crippen LogP contribution in [-0.4, -0.2) is 98.4 Å². The largest absolute Gasteiger partial charge is 0.378 e. The number of anilines is 5. The van der Waals surface area contributed by atoms with Crippen molar-refractivity contribution in [2.45, 2.75) is 26.8 Å². The molecule has 1 aromatic carbocycles. The van der Waals surface area contributed by atoms with Gasteiger partial charge in [-0.25, -0.2) is 18.7 Å². The molecule has 0 unspecified atom stereocenters. The number of hydrogen-bond donors (Lipinski definition) is 1. The third-order valence-corrected chi connectivity index (χ3v) is 8.12. The fourth-order valence-corrected chi connectivity index (χ4v) is 5.80. The molecule has 3 fully saturated rings. The maximum atomic E-state index is 15.5. The fourth-order valence-electron chi connectivity index (χ4n) is 5.80. The molecule has 0 bridgehead atoms. The lowest BCUT2D eigenvalue weighted by molar-refractivity contribution is -0.140. The minimum atomic E-state index is -0.796. The van der Waals surface area contributed by atoms with Gasteiger partial charge < -0.3 is 29.5 Å². The van der Waals surface area contributed by atoms with E-state index in [4.69, 9.17) is 14.5 Å². The summed E-state index contributed by atoms with van der Waals surface area (Å²) in [6, 6.07) is 3.77. The zero-order valence-electron chi connectivity index (χ0n) is 24.5. The van der Waals surface area contributed by atoms with Crippen LogP contribution in [0.25, 0.3) is 10.9 Å². The van der Waals surface area contributed by atoms with Crippen molar-refractivity contribution in [3.05, 3.63) is 41.6 Å². The van der Waals surface area contributed by atoms with Crippen LogP contribution >= 0.6 is 0 Å². The zero-order valence-corrected chi connectivity index (χ0v) is 24.5. The molecule has 43 heavy (non-hydrogen) atoms. The number of benzene rings is 1. The van der Waals surface area contributed by atoms with Crippen molar-refractivity contribution in [1.29, 1.82) is 0 Å². The van der Waals surface area contributed by atoms with Gasteiger partial charge in [-0.3, -0.25) is 14.5 Å². The van der Waals surface area contributed by atoms with Gasteiger partial charge in [-0.1, -0.05) is 0 Å². The number of amides is 2. The Bertz CT molecular complexity index is 1560. The fraction of sp³-hybridized carbons (Fsp3) is 0.467. The first-order valence-electron chi connectivity index (χ1n) is 14.5. The van der Waals surface area contributed by atoms with Crippen LogP contribution in [0, 0.1) is 18.6 Å². The lowest BCUT2D eigenvalue weighted by Crippen LogP contribution is -2.56. The summed E-state index contributed by atoms with van der Waals surface area (Å²) in [5.74, 6) is -1.31. The molecule has 228 valence electrons. The highest BCUT2D eigenvalue weighted by atomic mass is 19.1. The van der Waals surface area contributed by atoms with Crippen LogP contribution in [0.4, 0.5) is 37.5 Å². The summed E-state index contributed by atoms with van der Waals surface area (Å²) < 4.78 is 41.1. The quantitative estimate of drug-likeness (QED) is 0.460. The molecule has 3 aromatic rings. The van der Waals surface area contributed by atoms with E-state index in [1.165, 1.54) is 9.80 Å². The van der Waals surface area contributed by atoms with Crippen molar-refractivity contribution in [3.63, 3.8) is 0 Å². The predicted octanol–water partition coefficient (Wildman–Crippen LogP) is 3.22. The third kappa shape index (κ3) is 5.66. The highest BCUT2D eigenvalue weighted by Gasteiger charge is 2.35. The van der Waals surface area contributed by atoms with E-state index in [-0.39, 0.29) is 47.7 Å². The molecule has 6 rings (SSSR count). The Labute approximate surface area is 248 Å². The van der Waals surface area contributed by atoms with E-state index < -0.39 is 11.6 Å². The molecular weight excluding hydrogens is 560 g/mol. The normalized spacial score (nSPS) is 18.3. The second-order valence-corrected chi connectivity index (χ2v) is 11.2. The summed E-state index contributed by atoms with van der Waals surface area (Å²) in [5.41, 5.74) is 2.28. The average molecular weight is 596 g/mol. The van der Waals surface area contributed by atoms with Crippen molar-refractivity contribution >= 4 is 51.4 Å². The summed E-state index contributed by atoms with van der Waals surface area (Å²) in [4.78, 5) is 42.7. The maximum Gasteiger partial charge on any atom is 0.248 e. The van der Waals surface area contributed by atoms with Crippen molar-refractivity contribution in [1.82, 2.24) is 14.9 Å². The number of fused-ring (bicyclic) bond motifs is 1. The van der Waals surface area contributed by atoms with Gasteiger partial charge >= 0.3 is 0 Å². The first kappa shape index (κ1) is 29.0. The number of rotatable bonds is 6. The van der Waals surface area contributed by atoms with E-state index in [1.807, 2.05) is 26.1 Å². The molecule has 5 heterocycles. The van der Waals surface area contributed by atoms with Crippen molar-refractivity contribution in [2.75, 3.05) is 85.7 Å². The standard InChI is InChI=1S/C30H35F2N7O4/c1-18(2)38-16-26(41)39(17-25(38)40)29-19(3)28(27-22(32)12-20(31)13-23(27)35-29)34-24-14-21(36-4-8-42-9-5-36)15-33-30(24)37-6-10-43-11-7-37/h12-15,18H,4-11,16-17H2,1-3H3,(H,34,35). The minimum absolute atomic E-state index is 0.0253. The van der Waals surface area contributed by atoms with Crippen molar-refractivity contribution < 1.29 is 27.8 Å². The number of halogens is 2. The lowest BCUT2D eigenvalue weighted by Gasteiger charge is -2.36. The van der Waals surface area contributed by atoms with Gasteiger partial charge in [0.25, 0.3) is 0 Å². The molecule has 3 aliphatic rings. The lowest BCUT2D eigenvalue weighted by atomic mass is 10.1. The summed E-state index contributed by atoms with van der Waals surface area (Å²) in [5, 5.41) is 3.49. The molecule has 0 saturated carbocycles. The van der Waals surface area contributed by atoms with E-state index in [9.17, 15) is 14.0 Å². The van der Waals surface area contributed by atoms with Gasteiger partial charge in [0, 0.05) is 49.9 Å². The number of carbonyl (C=O) groups excluding carboxylic acids is 2. The molecule has 2 aromatic heterocycles. The van der Waals surface area contributed by atoms with Crippen LogP contribution in [0.3, 0.4) is 0 Å². The molecule has 3 saturated heterocycles. The Morgan fingerprint density at radius 3 is 2.23 bits per heavy atom. The number of aromatic nitrogens is 2. The second-order valence-electron chi connectivity index (χ2n) is 11.2. The van der Waals surface area contributed by atoms with E-state index in [1.54, 1.807) is 6.92 Å². The number of piperazine rings is 1. The van der Waals surface area contributed by atoms with Gasteiger partial charge in [-0.2, -0.15) is 0 Å². The summed E-state index contributed by atoms with van der Waals surface area (Å²) >= 11 is 0. The minimum Gasteiger partial charge on any atom is -0.378 e. The van der Waals surface area contributed by atoms with Crippen LogP contribution in [0.5, 0.6) is 0 Å². The Kier molecular flexibility index (Phi) is 8.01. The summed E-state index contributed by atoms with van der Waals surface area (Å²) in [6.07, 6.45) is 1.82. The van der Waals surface area contributed by atoms with Gasteiger partial charge in [0.2, 0.25) is 11.8 Å². The van der Waals surface area contributed by atoms with Crippen molar-refractivity contribution in [3.8, 4) is 0 Å². The van der Waals surface area contributed by atoms with E-state index in [2.05, 4.69) is 20.1 Å². The Balaban J connectivity index is 1.48. The Hall–Kier alpha value is -4.10. The first-order chi connectivity index (χ1) is 20.7. The monoisotopic (exact) mass is 595 g/mol. The number of pyridine rings is 2. The van der Waals surface area contributed by atoms with Crippen LogP contribution in [0.2, 0.25) is 0 Å². The topological polar surface area (TPSA) is 103 Å². The molecule has 3 aliphatic heterocycles. The average Bonchev–Trinajstić information content (AvgIpc) is 3.00. The molecule has 13 heteroatoms. The summed E-state index contributed by atoms with van der Waals surface area (Å²) in [6.45, 7) is 10.00. The SMILES string of the molecule is Cc1c(N2CC(=O)N(C(C)C)CC2=O)nc2cc(F)cc(F)c2c1Nc1cc(N2CCOCC2)cnc1N1CCOCC1. The number of ether oxygens (including phenoxy) is 2. The molecular formula is C30H35F2N7O4. The van der Waals surface area contributed by atoms with Crippen LogP contribution < -0.4 is 20.0 Å².